The van der Waals surface area contributed by atoms with Crippen LogP contribution in [0.1, 0.15) is 74.7 Å². The van der Waals surface area contributed by atoms with Crippen LogP contribution in [-0.4, -0.2) is 121 Å². The number of aromatic nitrogens is 4. The van der Waals surface area contributed by atoms with E-state index in [-0.39, 0.29) is 33.8 Å². The highest BCUT2D eigenvalue weighted by Crippen LogP contribution is 2.44. The van der Waals surface area contributed by atoms with Crippen molar-refractivity contribution < 1.29 is 22.3 Å². The van der Waals surface area contributed by atoms with Crippen LogP contribution < -0.4 is 14.9 Å². The summed E-state index contributed by atoms with van der Waals surface area (Å²) in [6, 6.07) is 21.5. The number of halogens is 2. The molecule has 4 aliphatic rings. The van der Waals surface area contributed by atoms with Crippen molar-refractivity contribution in [3.63, 3.8) is 0 Å². The van der Waals surface area contributed by atoms with Crippen LogP contribution in [0.5, 0.6) is 0 Å². The quantitative estimate of drug-likeness (QED) is 0.0943. The maximum atomic E-state index is 16.0. The predicted octanol–water partition coefficient (Wildman–Crippen LogP) is 9.25. The minimum atomic E-state index is -4.53. The first-order valence-corrected chi connectivity index (χ1v) is 25.8. The highest BCUT2D eigenvalue weighted by Gasteiger charge is 2.37. The van der Waals surface area contributed by atoms with Crippen LogP contribution in [-0.2, 0) is 14.8 Å². The van der Waals surface area contributed by atoms with Crippen molar-refractivity contribution in [1.29, 1.82) is 0 Å². The Morgan fingerprint density at radius 3 is 2.48 bits per heavy atom. The number of amides is 1. The zero-order valence-corrected chi connectivity index (χ0v) is 40.6. The number of rotatable bonds is 13. The summed E-state index contributed by atoms with van der Waals surface area (Å²) in [5.41, 5.74) is 6.05. The van der Waals surface area contributed by atoms with Crippen molar-refractivity contribution in [1.82, 2.24) is 34.3 Å². The molecule has 3 aliphatic heterocycles. The van der Waals surface area contributed by atoms with Crippen molar-refractivity contribution in [2.24, 2.45) is 10.6 Å². The number of nitrogens with zero attached hydrogens (tertiary/aromatic N) is 7. The molecule has 3 saturated heterocycles. The monoisotopic (exact) mass is 976 g/mol. The minimum Gasteiger partial charge on any atom is -0.381 e. The molecule has 3 aromatic carbocycles. The Hall–Kier alpha value is -5.72. The van der Waals surface area contributed by atoms with Gasteiger partial charge in [0.25, 0.3) is 15.9 Å². The lowest BCUT2D eigenvalue weighted by atomic mass is 9.72. The van der Waals surface area contributed by atoms with Crippen LogP contribution in [0.25, 0.3) is 33.3 Å². The molecule has 3 fully saturated rings. The molecule has 0 saturated carbocycles. The SMILES string of the molecule is CC1(C)CCC(CN2CCN(c3ccc(C(=O)NS(=O)(=O)c4ccc(NCC5(F)CCN(C6CCOCC6)CC5)c(N=O)c4)c(-n4[nH]cc5nc6nccc6cc54)c3)CC2)=C(c2ccc(Cl)cc2)C1. The molecule has 15 nitrogen and oxygen atoms in total. The van der Waals surface area contributed by atoms with Gasteiger partial charge in [-0.15, -0.1) is 4.91 Å². The molecule has 362 valence electrons. The summed E-state index contributed by atoms with van der Waals surface area (Å²) in [5, 5.41) is 10.9. The molecular formula is C51H58ClFN10O5S. The summed E-state index contributed by atoms with van der Waals surface area (Å²) >= 11 is 6.27. The van der Waals surface area contributed by atoms with Crippen LogP contribution >= 0.6 is 11.6 Å². The molecule has 69 heavy (non-hydrogen) atoms. The molecule has 10 rings (SSSR count). The number of ether oxygens (including phenoxy) is 1. The highest BCUT2D eigenvalue weighted by molar-refractivity contribution is 7.90. The van der Waals surface area contributed by atoms with E-state index in [1.807, 2.05) is 36.4 Å². The number of nitrogens with one attached hydrogen (secondary N) is 3. The van der Waals surface area contributed by atoms with Gasteiger partial charge in [0, 0.05) is 100 Å². The van der Waals surface area contributed by atoms with Crippen LogP contribution in [0, 0.1) is 10.3 Å². The fourth-order valence-electron chi connectivity index (χ4n) is 10.5. The van der Waals surface area contributed by atoms with E-state index in [1.54, 1.807) is 23.1 Å². The second kappa shape index (κ2) is 19.2. The van der Waals surface area contributed by atoms with Crippen LogP contribution in [0.15, 0.2) is 101 Å². The number of sulfonamides is 1. The van der Waals surface area contributed by atoms with Crippen molar-refractivity contribution >= 4 is 72.2 Å². The van der Waals surface area contributed by atoms with Crippen molar-refractivity contribution in [3.05, 3.63) is 112 Å². The number of benzene rings is 3. The number of piperidine rings is 1. The second-order valence-corrected chi connectivity index (χ2v) is 22.0. The van der Waals surface area contributed by atoms with Crippen molar-refractivity contribution in [3.8, 4) is 5.69 Å². The minimum absolute atomic E-state index is 0.0637. The smallest absolute Gasteiger partial charge is 0.267 e. The molecule has 0 spiro atoms. The number of carbonyl (C=O) groups excluding carboxylic acids is 1. The predicted molar refractivity (Wildman–Crippen MR) is 269 cm³/mol. The number of pyridine rings is 1. The molecule has 0 radical (unpaired) electrons. The molecular weight excluding hydrogens is 919 g/mol. The molecule has 6 aromatic rings. The number of carbonyl (C=O) groups is 1. The lowest BCUT2D eigenvalue weighted by Gasteiger charge is -2.41. The highest BCUT2D eigenvalue weighted by atomic mass is 35.5. The Morgan fingerprint density at radius 1 is 0.957 bits per heavy atom. The van der Waals surface area contributed by atoms with Crippen molar-refractivity contribution in [2.75, 3.05) is 75.8 Å². The topological polar surface area (TPSA) is 170 Å². The molecule has 0 bridgehead atoms. The standard InChI is InChI=1S/C51H58ClFN10O5S/c1-50(2)15-11-36(42(30-50)34-3-5-37(52)6-4-34)32-60-21-23-62(24-22-60)39-7-9-41(46(28-39)63-47-27-35-12-18-54-48(35)57-45(47)31-56-63)49(64)59-69(66,67)40-8-10-43(44(29-40)58-65)55-33-51(53)16-19-61(20-17-51)38-13-25-68-26-14-38/h3-10,12,18,27-29,31,38,55-56H,11,13-17,19-26,30,32-33H2,1-2H3,(H,59,64). The van der Waals surface area contributed by atoms with E-state index in [1.165, 1.54) is 28.8 Å². The van der Waals surface area contributed by atoms with E-state index < -0.39 is 21.6 Å². The summed E-state index contributed by atoms with van der Waals surface area (Å²) in [5.74, 6) is -0.879. The van der Waals surface area contributed by atoms with Gasteiger partial charge >= 0.3 is 0 Å². The molecule has 1 amide bonds. The Labute approximate surface area is 406 Å². The normalized spacial score (nSPS) is 19.6. The Kier molecular flexibility index (Phi) is 13.1. The summed E-state index contributed by atoms with van der Waals surface area (Å²) in [7, 11) is -4.53. The summed E-state index contributed by atoms with van der Waals surface area (Å²) in [6.45, 7) is 11.3. The first-order valence-electron chi connectivity index (χ1n) is 23.9. The van der Waals surface area contributed by atoms with Crippen LogP contribution in [0.2, 0.25) is 5.02 Å². The van der Waals surface area contributed by atoms with Gasteiger partial charge < -0.3 is 15.0 Å². The Balaban J connectivity index is 0.864. The van der Waals surface area contributed by atoms with Gasteiger partial charge in [-0.1, -0.05) is 43.2 Å². The van der Waals surface area contributed by atoms with Gasteiger partial charge in [-0.2, -0.15) is 0 Å². The maximum Gasteiger partial charge on any atom is 0.267 e. The molecule has 18 heteroatoms. The number of hydrogen-bond acceptors (Lipinski definition) is 12. The average molecular weight is 978 g/mol. The van der Waals surface area contributed by atoms with E-state index >= 15 is 4.39 Å². The zero-order chi connectivity index (χ0) is 47.9. The van der Waals surface area contributed by atoms with Crippen LogP contribution in [0.4, 0.5) is 21.5 Å². The molecule has 6 heterocycles. The summed E-state index contributed by atoms with van der Waals surface area (Å²) in [6.07, 6.45) is 9.14. The van der Waals surface area contributed by atoms with E-state index in [2.05, 4.69) is 66.0 Å². The van der Waals surface area contributed by atoms with E-state index in [0.29, 0.717) is 54.3 Å². The van der Waals surface area contributed by atoms with E-state index in [9.17, 15) is 18.1 Å². The van der Waals surface area contributed by atoms with E-state index in [4.69, 9.17) is 21.3 Å². The van der Waals surface area contributed by atoms with Gasteiger partial charge in [-0.3, -0.25) is 24.4 Å². The van der Waals surface area contributed by atoms with Gasteiger partial charge in [0.1, 0.15) is 16.9 Å². The number of allylic oxidation sites excluding steroid dienone is 1. The lowest BCUT2D eigenvalue weighted by molar-refractivity contribution is -0.00174. The van der Waals surface area contributed by atoms with Gasteiger partial charge in [0.05, 0.1) is 27.4 Å². The average Bonchev–Trinajstić information content (AvgIpc) is 4.00. The first-order chi connectivity index (χ1) is 33.2. The summed E-state index contributed by atoms with van der Waals surface area (Å²) in [4.78, 5) is 42.2. The lowest BCUT2D eigenvalue weighted by Crippen LogP contribution is -2.50. The third-order valence-electron chi connectivity index (χ3n) is 14.7. The maximum absolute atomic E-state index is 16.0. The van der Waals surface area contributed by atoms with Gasteiger partial charge in [0.2, 0.25) is 0 Å². The number of anilines is 2. The van der Waals surface area contributed by atoms with Gasteiger partial charge in [0.15, 0.2) is 5.65 Å². The number of alkyl halides is 1. The number of aromatic amines is 1. The fraction of sp³-hybridized carbons (Fsp3) is 0.431. The molecule has 3 aromatic heterocycles. The number of piperazine rings is 1. The number of H-pyrrole nitrogens is 1. The number of fused-ring (bicyclic) bond motifs is 2. The van der Waals surface area contributed by atoms with E-state index in [0.717, 1.165) is 100 Å². The molecule has 0 unspecified atom stereocenters. The van der Waals surface area contributed by atoms with Gasteiger partial charge in [-0.05, 0) is 127 Å². The third-order valence-corrected chi connectivity index (χ3v) is 16.2. The molecule has 0 atom stereocenters. The molecule has 3 N–H and O–H groups in total. The summed E-state index contributed by atoms with van der Waals surface area (Å²) < 4.78 is 53.4. The largest absolute Gasteiger partial charge is 0.381 e. The number of likely N-dealkylation sites (tertiary alicyclic amines) is 1. The third kappa shape index (κ3) is 10.2. The number of hydrogen-bond donors (Lipinski definition) is 3. The number of nitroso groups, excluding NO2 is 1. The first kappa shape index (κ1) is 47.0. The zero-order valence-electron chi connectivity index (χ0n) is 39.0. The van der Waals surface area contributed by atoms with Crippen LogP contribution in [0.3, 0.4) is 0 Å². The Morgan fingerprint density at radius 2 is 1.72 bits per heavy atom. The van der Waals surface area contributed by atoms with Gasteiger partial charge in [-0.25, -0.2) is 27.5 Å². The molecule has 1 aliphatic carbocycles. The fourth-order valence-corrected chi connectivity index (χ4v) is 11.6. The second-order valence-electron chi connectivity index (χ2n) is 19.8. The van der Waals surface area contributed by atoms with Crippen molar-refractivity contribution in [2.45, 2.75) is 75.4 Å². The Bertz CT molecular complexity index is 3020.